The first-order valence-corrected chi connectivity index (χ1v) is 7.19. The van der Waals surface area contributed by atoms with Crippen LogP contribution in [0.2, 0.25) is 0 Å². The van der Waals surface area contributed by atoms with Gasteiger partial charge in [-0.2, -0.15) is 0 Å². The summed E-state index contributed by atoms with van der Waals surface area (Å²) in [4.78, 5) is 13.5. The fraction of sp³-hybridized carbons (Fsp3) is 0.714. The monoisotopic (exact) mass is 279 g/mol. The van der Waals surface area contributed by atoms with Crippen LogP contribution < -0.4 is 10.6 Å². The molecule has 0 amide bonds. The van der Waals surface area contributed by atoms with Crippen LogP contribution in [0.3, 0.4) is 0 Å². The van der Waals surface area contributed by atoms with Gasteiger partial charge in [-0.1, -0.05) is 0 Å². The minimum Gasteiger partial charge on any atom is -0.384 e. The van der Waals surface area contributed by atoms with Crippen LogP contribution in [0.5, 0.6) is 0 Å². The second-order valence-corrected chi connectivity index (χ2v) is 5.47. The van der Waals surface area contributed by atoms with Crippen LogP contribution in [0, 0.1) is 0 Å². The number of aromatic nitrogens is 2. The lowest BCUT2D eigenvalue weighted by Crippen LogP contribution is -2.55. The molecule has 0 aromatic carbocycles. The number of hydrogen-bond acceptors (Lipinski definition) is 6. The average Bonchev–Trinajstić information content (AvgIpc) is 2.41. The maximum absolute atomic E-state index is 5.89. The molecule has 1 fully saturated rings. The first-order valence-electron chi connectivity index (χ1n) is 7.19. The third-order valence-electron chi connectivity index (χ3n) is 3.90. The van der Waals surface area contributed by atoms with Crippen LogP contribution in [0.4, 0.5) is 11.6 Å². The molecule has 1 aromatic heterocycles. The van der Waals surface area contributed by atoms with Gasteiger partial charge in [-0.3, -0.25) is 4.90 Å². The van der Waals surface area contributed by atoms with Gasteiger partial charge >= 0.3 is 0 Å². The molecule has 2 unspecified atom stereocenters. The zero-order valence-electron chi connectivity index (χ0n) is 12.8. The van der Waals surface area contributed by atoms with Crippen LogP contribution in [-0.4, -0.2) is 53.7 Å². The second-order valence-electron chi connectivity index (χ2n) is 5.47. The molecule has 1 aliphatic rings. The molecule has 6 nitrogen and oxygen atoms in total. The Hall–Kier alpha value is -1.40. The Morgan fingerprint density at radius 2 is 1.95 bits per heavy atom. The van der Waals surface area contributed by atoms with Gasteiger partial charge in [-0.25, -0.2) is 9.97 Å². The topological polar surface area (TPSA) is 67.5 Å². The van der Waals surface area contributed by atoms with E-state index in [0.717, 1.165) is 18.9 Å². The quantitative estimate of drug-likeness (QED) is 0.891. The van der Waals surface area contributed by atoms with Gasteiger partial charge < -0.3 is 15.4 Å². The number of likely N-dealkylation sites (N-methyl/N-ethyl adjacent to an activating group) is 1. The molecule has 1 aromatic rings. The van der Waals surface area contributed by atoms with Crippen molar-refractivity contribution in [3.63, 3.8) is 0 Å². The molecular weight excluding hydrogens is 254 g/mol. The van der Waals surface area contributed by atoms with Gasteiger partial charge in [0.15, 0.2) is 5.82 Å². The van der Waals surface area contributed by atoms with E-state index in [1.54, 1.807) is 0 Å². The van der Waals surface area contributed by atoms with Gasteiger partial charge in [-0.15, -0.1) is 0 Å². The maximum atomic E-state index is 5.89. The number of nitrogens with zero attached hydrogens (tertiary/aromatic N) is 4. The Morgan fingerprint density at radius 1 is 1.30 bits per heavy atom. The van der Waals surface area contributed by atoms with Gasteiger partial charge in [0.25, 0.3) is 0 Å². The lowest BCUT2D eigenvalue weighted by Gasteiger charge is -2.43. The number of nitrogens with two attached hydrogens (primary N) is 1. The molecule has 112 valence electrons. The Balaban J connectivity index is 2.17. The van der Waals surface area contributed by atoms with Crippen molar-refractivity contribution in [2.45, 2.75) is 39.5 Å². The first kappa shape index (κ1) is 15.0. The molecular formula is C14H25N5O. The zero-order valence-corrected chi connectivity index (χ0v) is 12.8. The number of nitrogen functional groups attached to an aromatic ring is 1. The number of ether oxygens (including phenoxy) is 1. The molecule has 20 heavy (non-hydrogen) atoms. The molecule has 2 heterocycles. The van der Waals surface area contributed by atoms with Crippen LogP contribution in [0.15, 0.2) is 6.07 Å². The number of hydrogen-bond donors (Lipinski definition) is 1. The lowest BCUT2D eigenvalue weighted by atomic mass is 10.1. The minimum atomic E-state index is 0.410. The van der Waals surface area contributed by atoms with Gasteiger partial charge in [0.1, 0.15) is 18.2 Å². The molecule has 2 N–H and O–H groups in total. The molecule has 1 saturated heterocycles. The largest absolute Gasteiger partial charge is 0.384 e. The fourth-order valence-electron chi connectivity index (χ4n) is 2.51. The molecule has 0 aliphatic carbocycles. The van der Waals surface area contributed by atoms with Crippen molar-refractivity contribution in [2.24, 2.45) is 0 Å². The summed E-state index contributed by atoms with van der Waals surface area (Å²) in [6.45, 7) is 9.37. The zero-order chi connectivity index (χ0) is 14.7. The van der Waals surface area contributed by atoms with E-state index < -0.39 is 0 Å². The highest BCUT2D eigenvalue weighted by molar-refractivity contribution is 5.47. The third kappa shape index (κ3) is 3.37. The molecule has 2 rings (SSSR count). The molecule has 0 radical (unpaired) electrons. The van der Waals surface area contributed by atoms with E-state index in [1.165, 1.54) is 0 Å². The van der Waals surface area contributed by atoms with Gasteiger partial charge in [0, 0.05) is 37.8 Å². The smallest absolute Gasteiger partial charge is 0.158 e. The van der Waals surface area contributed by atoms with E-state index in [9.17, 15) is 0 Å². The summed E-state index contributed by atoms with van der Waals surface area (Å²) in [7, 11) is 2.17. The van der Waals surface area contributed by atoms with Crippen molar-refractivity contribution >= 4 is 11.6 Å². The SMILES string of the molecule is CCOCc1nc(N)cc(N2CC(C)N(C)C(C)C2)n1. The van der Waals surface area contributed by atoms with Crippen molar-refractivity contribution in [3.05, 3.63) is 11.9 Å². The lowest BCUT2D eigenvalue weighted by molar-refractivity contribution is 0.128. The van der Waals surface area contributed by atoms with E-state index in [-0.39, 0.29) is 0 Å². The van der Waals surface area contributed by atoms with E-state index in [2.05, 4.69) is 40.7 Å². The van der Waals surface area contributed by atoms with Crippen molar-refractivity contribution in [2.75, 3.05) is 37.4 Å². The minimum absolute atomic E-state index is 0.410. The first-order chi connectivity index (χ1) is 9.51. The van der Waals surface area contributed by atoms with Crippen molar-refractivity contribution in [3.8, 4) is 0 Å². The highest BCUT2D eigenvalue weighted by Crippen LogP contribution is 2.21. The Kier molecular flexibility index (Phi) is 4.77. The van der Waals surface area contributed by atoms with Crippen LogP contribution in [0.1, 0.15) is 26.6 Å². The molecule has 0 bridgehead atoms. The van der Waals surface area contributed by atoms with E-state index >= 15 is 0 Å². The molecule has 0 saturated carbocycles. The van der Waals surface area contributed by atoms with Crippen molar-refractivity contribution in [1.29, 1.82) is 0 Å². The van der Waals surface area contributed by atoms with Gasteiger partial charge in [-0.05, 0) is 27.8 Å². The Bertz CT molecular complexity index is 441. The molecule has 2 atom stereocenters. The predicted molar refractivity (Wildman–Crippen MR) is 80.7 cm³/mol. The van der Waals surface area contributed by atoms with Crippen molar-refractivity contribution in [1.82, 2.24) is 14.9 Å². The van der Waals surface area contributed by atoms with Gasteiger partial charge in [0.2, 0.25) is 0 Å². The molecule has 1 aliphatic heterocycles. The van der Waals surface area contributed by atoms with E-state index in [4.69, 9.17) is 10.5 Å². The Morgan fingerprint density at radius 3 is 2.55 bits per heavy atom. The highest BCUT2D eigenvalue weighted by atomic mass is 16.5. The summed E-state index contributed by atoms with van der Waals surface area (Å²) >= 11 is 0. The average molecular weight is 279 g/mol. The molecule has 6 heteroatoms. The number of rotatable bonds is 4. The van der Waals surface area contributed by atoms with Crippen LogP contribution >= 0.6 is 0 Å². The van der Waals surface area contributed by atoms with Crippen LogP contribution in [0.25, 0.3) is 0 Å². The van der Waals surface area contributed by atoms with E-state index in [1.807, 2.05) is 13.0 Å². The molecule has 0 spiro atoms. The summed E-state index contributed by atoms with van der Waals surface area (Å²) in [5.74, 6) is 2.06. The summed E-state index contributed by atoms with van der Waals surface area (Å²) in [5, 5.41) is 0. The fourth-order valence-corrected chi connectivity index (χ4v) is 2.51. The summed E-state index contributed by atoms with van der Waals surface area (Å²) in [6, 6.07) is 2.83. The third-order valence-corrected chi connectivity index (χ3v) is 3.90. The Labute approximate surface area is 120 Å². The summed E-state index contributed by atoms with van der Waals surface area (Å²) in [5.41, 5.74) is 5.89. The predicted octanol–water partition coefficient (Wildman–Crippen LogP) is 1.12. The second kappa shape index (κ2) is 6.37. The van der Waals surface area contributed by atoms with Crippen LogP contribution in [-0.2, 0) is 11.3 Å². The summed E-state index contributed by atoms with van der Waals surface area (Å²) < 4.78 is 5.37. The van der Waals surface area contributed by atoms with E-state index in [0.29, 0.717) is 36.9 Å². The van der Waals surface area contributed by atoms with Crippen molar-refractivity contribution < 1.29 is 4.74 Å². The maximum Gasteiger partial charge on any atom is 0.158 e. The van der Waals surface area contributed by atoms with Gasteiger partial charge in [0.05, 0.1) is 0 Å². The standard InChI is InChI=1S/C14H25N5O/c1-5-20-9-13-16-12(15)6-14(17-13)19-7-10(2)18(4)11(3)8-19/h6,10-11H,5,7-9H2,1-4H3,(H2,15,16,17). The number of anilines is 2. The summed E-state index contributed by atoms with van der Waals surface area (Å²) in [6.07, 6.45) is 0. The highest BCUT2D eigenvalue weighted by Gasteiger charge is 2.27. The number of piperazine rings is 1. The normalized spacial score (nSPS) is 24.1.